The number of fused-ring (bicyclic) bond motifs is 1. The molecule has 2 fully saturated rings. The lowest BCUT2D eigenvalue weighted by Crippen LogP contribution is -2.53. The summed E-state index contributed by atoms with van der Waals surface area (Å²) in [7, 11) is 0. The van der Waals surface area contributed by atoms with Crippen LogP contribution in [0.2, 0.25) is 0 Å². The number of carbonyl (C=O) groups excluding carboxylic acids is 2. The number of hydrogen-bond acceptors (Lipinski definition) is 7. The Labute approximate surface area is 262 Å². The molecule has 0 aliphatic carbocycles. The first kappa shape index (κ1) is 30.5. The summed E-state index contributed by atoms with van der Waals surface area (Å²) in [5.41, 5.74) is 0.239. The van der Waals surface area contributed by atoms with Crippen molar-refractivity contribution in [2.24, 2.45) is 5.92 Å². The van der Waals surface area contributed by atoms with E-state index in [0.29, 0.717) is 56.5 Å². The van der Waals surface area contributed by atoms with Crippen molar-refractivity contribution >= 4 is 23.0 Å². The van der Waals surface area contributed by atoms with Gasteiger partial charge in [-0.3, -0.25) is 14.2 Å². The summed E-state index contributed by atoms with van der Waals surface area (Å²) in [5.74, 6) is -0.440. The number of rotatable bonds is 5. The zero-order chi connectivity index (χ0) is 31.8. The maximum absolute atomic E-state index is 14.0. The van der Waals surface area contributed by atoms with Crippen LogP contribution >= 0.6 is 0 Å². The summed E-state index contributed by atoms with van der Waals surface area (Å²) in [6, 6.07) is 19.3. The van der Waals surface area contributed by atoms with Gasteiger partial charge >= 0.3 is 6.09 Å². The first-order valence-corrected chi connectivity index (χ1v) is 15.5. The molecule has 11 heteroatoms. The lowest BCUT2D eigenvalue weighted by atomic mass is 9.79. The number of carbonyl (C=O) groups is 2. The van der Waals surface area contributed by atoms with Crippen LogP contribution in [-0.2, 0) is 16.1 Å². The fourth-order valence-corrected chi connectivity index (χ4v) is 6.45. The van der Waals surface area contributed by atoms with Crippen LogP contribution in [0.15, 0.2) is 78.0 Å². The Kier molecular flexibility index (Phi) is 8.22. The molecule has 2 aliphatic heterocycles. The van der Waals surface area contributed by atoms with Crippen molar-refractivity contribution in [1.82, 2.24) is 29.1 Å². The topological polar surface area (TPSA) is 123 Å². The zero-order valence-electron chi connectivity index (χ0n) is 26.0. The molecule has 4 heterocycles. The van der Waals surface area contributed by atoms with E-state index < -0.39 is 11.2 Å². The number of benzene rings is 2. The van der Waals surface area contributed by atoms with Crippen molar-refractivity contribution < 1.29 is 19.4 Å². The molecule has 236 valence electrons. The summed E-state index contributed by atoms with van der Waals surface area (Å²) in [6.45, 7) is 7.19. The van der Waals surface area contributed by atoms with Crippen molar-refractivity contribution in [3.8, 4) is 5.69 Å². The molecular weight excluding hydrogens is 572 g/mol. The fraction of sp³-hybridized carbons (Fsp3) is 0.441. The quantitative estimate of drug-likeness (QED) is 0.362. The largest absolute Gasteiger partial charge is 0.444 e. The van der Waals surface area contributed by atoms with E-state index in [-0.39, 0.29) is 35.9 Å². The third-order valence-corrected chi connectivity index (χ3v) is 8.84. The molecular formula is C34H40N6O5. The highest BCUT2D eigenvalue weighted by molar-refractivity contribution is 5.81. The summed E-state index contributed by atoms with van der Waals surface area (Å²) in [6.07, 6.45) is 3.79. The highest BCUT2D eigenvalue weighted by Crippen LogP contribution is 2.36. The van der Waals surface area contributed by atoms with Gasteiger partial charge in [-0.2, -0.15) is 5.10 Å². The van der Waals surface area contributed by atoms with Gasteiger partial charge in [0.25, 0.3) is 5.56 Å². The van der Waals surface area contributed by atoms with Crippen LogP contribution in [0.3, 0.4) is 0 Å². The minimum Gasteiger partial charge on any atom is -0.444 e. The van der Waals surface area contributed by atoms with Gasteiger partial charge in [0.2, 0.25) is 5.91 Å². The molecule has 0 spiro atoms. The van der Waals surface area contributed by atoms with Crippen molar-refractivity contribution in [2.75, 3.05) is 26.2 Å². The van der Waals surface area contributed by atoms with Crippen LogP contribution in [0.4, 0.5) is 4.79 Å². The third-order valence-electron chi connectivity index (χ3n) is 8.84. The third kappa shape index (κ3) is 6.49. The minimum atomic E-state index is -1.16. The van der Waals surface area contributed by atoms with Crippen LogP contribution in [0.1, 0.15) is 51.5 Å². The Balaban J connectivity index is 1.13. The van der Waals surface area contributed by atoms with Gasteiger partial charge in [-0.1, -0.05) is 48.5 Å². The summed E-state index contributed by atoms with van der Waals surface area (Å²) < 4.78 is 8.69. The summed E-state index contributed by atoms with van der Waals surface area (Å²) >= 11 is 0. The molecule has 0 saturated carbocycles. The van der Waals surface area contributed by atoms with Gasteiger partial charge in [-0.25, -0.2) is 14.5 Å². The van der Waals surface area contributed by atoms with E-state index in [1.165, 1.54) is 17.1 Å². The fourth-order valence-electron chi connectivity index (χ4n) is 6.45. The van der Waals surface area contributed by atoms with Crippen molar-refractivity contribution in [3.63, 3.8) is 0 Å². The predicted molar refractivity (Wildman–Crippen MR) is 169 cm³/mol. The summed E-state index contributed by atoms with van der Waals surface area (Å²) in [4.78, 5) is 48.2. The van der Waals surface area contributed by atoms with Gasteiger partial charge in [0.15, 0.2) is 5.65 Å². The molecule has 0 bridgehead atoms. The van der Waals surface area contributed by atoms with E-state index in [9.17, 15) is 19.5 Å². The van der Waals surface area contributed by atoms with Gasteiger partial charge < -0.3 is 19.6 Å². The second kappa shape index (κ2) is 12.1. The molecule has 6 rings (SSSR count). The van der Waals surface area contributed by atoms with Gasteiger partial charge in [-0.05, 0) is 57.7 Å². The molecule has 2 aromatic carbocycles. The van der Waals surface area contributed by atoms with Crippen LogP contribution in [0.5, 0.6) is 0 Å². The van der Waals surface area contributed by atoms with E-state index in [2.05, 4.69) is 10.1 Å². The molecule has 45 heavy (non-hydrogen) atoms. The van der Waals surface area contributed by atoms with Gasteiger partial charge in [-0.15, -0.1) is 0 Å². The molecule has 0 radical (unpaired) electrons. The Bertz CT molecular complexity index is 1720. The Morgan fingerprint density at radius 1 is 0.978 bits per heavy atom. The molecule has 4 aromatic rings. The van der Waals surface area contributed by atoms with Crippen LogP contribution in [0, 0.1) is 5.92 Å². The van der Waals surface area contributed by atoms with E-state index in [4.69, 9.17) is 4.74 Å². The number of likely N-dealkylation sites (tertiary alicyclic amines) is 2. The number of hydrogen-bond donors (Lipinski definition) is 1. The van der Waals surface area contributed by atoms with Gasteiger partial charge in [0.05, 0.1) is 24.0 Å². The average Bonchev–Trinajstić information content (AvgIpc) is 3.47. The second-order valence-corrected chi connectivity index (χ2v) is 13.2. The molecule has 2 aromatic heterocycles. The molecule has 0 unspecified atom stereocenters. The highest BCUT2D eigenvalue weighted by Gasteiger charge is 2.42. The minimum absolute atomic E-state index is 0.0309. The van der Waals surface area contributed by atoms with E-state index >= 15 is 0 Å². The first-order valence-electron chi connectivity index (χ1n) is 15.5. The summed E-state index contributed by atoms with van der Waals surface area (Å²) in [5, 5.41) is 16.3. The second-order valence-electron chi connectivity index (χ2n) is 13.2. The number of aromatic nitrogens is 4. The molecule has 2 saturated heterocycles. The average molecular weight is 613 g/mol. The van der Waals surface area contributed by atoms with Gasteiger partial charge in [0.1, 0.15) is 17.3 Å². The maximum Gasteiger partial charge on any atom is 0.410 e. The van der Waals surface area contributed by atoms with E-state index in [1.54, 1.807) is 9.58 Å². The standard InChI is InChI=1S/C34H40N6O5/c1-33(2,3)45-32(43)38-17-14-26(28(21-38)24-10-6-4-7-11-24)30(41)37-18-15-34(44,16-19-37)22-39-23-35-29-27(31(39)42)20-36-40(29)25-12-8-5-9-13-25/h4-13,20,23,26,28,44H,14-19,21-22H2,1-3H3/t26-,28+/m1/s1. The molecule has 1 N–H and O–H groups in total. The number of para-hydroxylation sites is 1. The van der Waals surface area contributed by atoms with Crippen LogP contribution in [-0.4, -0.2) is 83.6 Å². The van der Waals surface area contributed by atoms with Crippen molar-refractivity contribution in [1.29, 1.82) is 0 Å². The number of aliphatic hydroxyl groups is 1. The predicted octanol–water partition coefficient (Wildman–Crippen LogP) is 3.98. The number of amides is 2. The van der Waals surface area contributed by atoms with E-state index in [0.717, 1.165) is 11.3 Å². The highest BCUT2D eigenvalue weighted by atomic mass is 16.6. The number of piperidine rings is 2. The normalized spacial score (nSPS) is 20.3. The smallest absolute Gasteiger partial charge is 0.410 e. The zero-order valence-corrected chi connectivity index (χ0v) is 26.0. The Morgan fingerprint density at radius 3 is 2.31 bits per heavy atom. The van der Waals surface area contributed by atoms with Crippen LogP contribution in [0.25, 0.3) is 16.7 Å². The Hall–Kier alpha value is -4.51. The molecule has 11 nitrogen and oxygen atoms in total. The van der Waals surface area contributed by atoms with Gasteiger partial charge in [0, 0.05) is 38.0 Å². The molecule has 2 amide bonds. The number of ether oxygens (including phenoxy) is 1. The Morgan fingerprint density at radius 2 is 1.64 bits per heavy atom. The van der Waals surface area contributed by atoms with E-state index in [1.807, 2.05) is 86.3 Å². The van der Waals surface area contributed by atoms with Crippen molar-refractivity contribution in [3.05, 3.63) is 89.1 Å². The number of nitrogens with zero attached hydrogens (tertiary/aromatic N) is 6. The van der Waals surface area contributed by atoms with Crippen molar-refractivity contribution in [2.45, 2.75) is 63.7 Å². The lowest BCUT2D eigenvalue weighted by Gasteiger charge is -2.43. The molecule has 2 aliphatic rings. The monoisotopic (exact) mass is 612 g/mol. The lowest BCUT2D eigenvalue weighted by molar-refractivity contribution is -0.142. The SMILES string of the molecule is CC(C)(C)OC(=O)N1CC[C@@H](C(=O)N2CCC(O)(Cn3cnc4c(cnn4-c4ccccc4)c3=O)CC2)[C@H](c2ccccc2)C1. The maximum atomic E-state index is 14.0. The van der Waals surface area contributed by atoms with Crippen LogP contribution < -0.4 is 5.56 Å². The molecule has 2 atom stereocenters. The first-order chi connectivity index (χ1) is 21.5.